The molecule has 1 aliphatic rings. The van der Waals surface area contributed by atoms with E-state index >= 15 is 0 Å². The summed E-state index contributed by atoms with van der Waals surface area (Å²) in [5.41, 5.74) is -1.04. The Hall–Kier alpha value is -3.24. The van der Waals surface area contributed by atoms with E-state index in [9.17, 15) is 29.0 Å². The molecular formula is C21H24FN3O6. The second-order valence-electron chi connectivity index (χ2n) is 7.12. The lowest BCUT2D eigenvalue weighted by Gasteiger charge is -2.34. The first-order valence-corrected chi connectivity index (χ1v) is 9.89. The fourth-order valence-electron chi connectivity index (χ4n) is 3.27. The van der Waals surface area contributed by atoms with Gasteiger partial charge in [-0.15, -0.1) is 0 Å². The van der Waals surface area contributed by atoms with Gasteiger partial charge in [0.2, 0.25) is 5.43 Å². The molecule has 0 radical (unpaired) electrons. The maximum absolute atomic E-state index is 13.0. The van der Waals surface area contributed by atoms with Crippen LogP contribution in [0.1, 0.15) is 39.8 Å². The molecule has 0 aliphatic carbocycles. The lowest BCUT2D eigenvalue weighted by atomic mass is 10.1. The molecule has 2 heterocycles. The molecule has 1 unspecified atom stereocenters. The minimum absolute atomic E-state index is 0.0359. The second-order valence-corrected chi connectivity index (χ2v) is 7.12. The van der Waals surface area contributed by atoms with Crippen LogP contribution in [-0.2, 0) is 17.8 Å². The van der Waals surface area contributed by atoms with Crippen molar-refractivity contribution in [3.8, 4) is 5.75 Å². The number of halogens is 1. The van der Waals surface area contributed by atoms with Crippen LogP contribution in [0.4, 0.5) is 4.39 Å². The summed E-state index contributed by atoms with van der Waals surface area (Å²) in [5, 5.41) is 23.2. The molecule has 0 bridgehead atoms. The lowest BCUT2D eigenvalue weighted by Crippen LogP contribution is -2.50. The third-order valence-corrected chi connectivity index (χ3v) is 4.88. The molecule has 0 fully saturated rings. The van der Waals surface area contributed by atoms with Gasteiger partial charge in [0, 0.05) is 25.9 Å². The zero-order chi connectivity index (χ0) is 22.5. The zero-order valence-corrected chi connectivity index (χ0v) is 17.0. The van der Waals surface area contributed by atoms with Gasteiger partial charge in [0.25, 0.3) is 11.8 Å². The van der Waals surface area contributed by atoms with E-state index in [4.69, 9.17) is 4.74 Å². The van der Waals surface area contributed by atoms with E-state index in [1.807, 2.05) is 6.92 Å². The number of nitrogens with zero attached hydrogens (tertiary/aromatic N) is 2. The van der Waals surface area contributed by atoms with Crippen LogP contribution in [0.5, 0.6) is 5.75 Å². The third-order valence-electron chi connectivity index (χ3n) is 4.88. The summed E-state index contributed by atoms with van der Waals surface area (Å²) in [6.07, 6.45) is 0.743. The quantitative estimate of drug-likeness (QED) is 0.530. The number of benzene rings is 1. The summed E-state index contributed by atoms with van der Waals surface area (Å²) < 4.78 is 19.5. The molecule has 9 nitrogen and oxygen atoms in total. The molecule has 3 rings (SSSR count). The topological polar surface area (TPSA) is 121 Å². The van der Waals surface area contributed by atoms with Crippen LogP contribution in [0.15, 0.2) is 35.3 Å². The Kier molecular flexibility index (Phi) is 7.03. The van der Waals surface area contributed by atoms with Gasteiger partial charge in [-0.3, -0.25) is 14.4 Å². The summed E-state index contributed by atoms with van der Waals surface area (Å²) in [4.78, 5) is 38.9. The van der Waals surface area contributed by atoms with Crippen molar-refractivity contribution in [3.63, 3.8) is 0 Å². The average molecular weight is 433 g/mol. The summed E-state index contributed by atoms with van der Waals surface area (Å²) in [7, 11) is 0. The number of aromatic nitrogens is 1. The Morgan fingerprint density at radius 3 is 2.65 bits per heavy atom. The molecular weight excluding hydrogens is 409 g/mol. The summed E-state index contributed by atoms with van der Waals surface area (Å²) in [5.74, 6) is -2.77. The van der Waals surface area contributed by atoms with Crippen molar-refractivity contribution in [2.75, 3.05) is 19.8 Å². The van der Waals surface area contributed by atoms with Crippen molar-refractivity contribution in [3.05, 3.63) is 63.3 Å². The van der Waals surface area contributed by atoms with Gasteiger partial charge >= 0.3 is 0 Å². The highest BCUT2D eigenvalue weighted by atomic mass is 19.1. The maximum atomic E-state index is 13.0. The van der Waals surface area contributed by atoms with E-state index in [0.29, 0.717) is 12.2 Å². The molecule has 0 saturated heterocycles. The van der Waals surface area contributed by atoms with E-state index in [1.165, 1.54) is 28.8 Å². The molecule has 166 valence electrons. The molecule has 1 aromatic heterocycles. The van der Waals surface area contributed by atoms with Crippen molar-refractivity contribution in [2.45, 2.75) is 32.7 Å². The molecule has 31 heavy (non-hydrogen) atoms. The van der Waals surface area contributed by atoms with Crippen molar-refractivity contribution < 1.29 is 28.9 Å². The van der Waals surface area contributed by atoms with Crippen molar-refractivity contribution in [1.29, 1.82) is 0 Å². The van der Waals surface area contributed by atoms with Crippen LogP contribution in [0.2, 0.25) is 0 Å². The Labute approximate surface area is 177 Å². The van der Waals surface area contributed by atoms with E-state index in [-0.39, 0.29) is 37.5 Å². The number of aliphatic hydroxyl groups excluding tert-OH is 1. The number of hydrogen-bond donors (Lipinski definition) is 3. The molecule has 0 spiro atoms. The smallest absolute Gasteiger partial charge is 0.276 e. The van der Waals surface area contributed by atoms with E-state index in [1.54, 1.807) is 0 Å². The predicted octanol–water partition coefficient (Wildman–Crippen LogP) is 0.824. The van der Waals surface area contributed by atoms with E-state index in [2.05, 4.69) is 5.32 Å². The molecule has 1 aromatic carbocycles. The highest BCUT2D eigenvalue weighted by molar-refractivity contribution is 5.99. The Morgan fingerprint density at radius 2 is 1.97 bits per heavy atom. The summed E-state index contributed by atoms with van der Waals surface area (Å²) in [6.45, 7) is 2.65. The van der Waals surface area contributed by atoms with Crippen LogP contribution >= 0.6 is 0 Å². The van der Waals surface area contributed by atoms with Crippen molar-refractivity contribution >= 4 is 11.8 Å². The fraction of sp³-hybridized carbons (Fsp3) is 0.381. The molecule has 0 saturated carbocycles. The number of carbonyl (C=O) groups excluding carboxylic acids is 2. The van der Waals surface area contributed by atoms with Gasteiger partial charge in [0.05, 0.1) is 13.2 Å². The molecule has 2 amide bonds. The average Bonchev–Trinajstić information content (AvgIpc) is 2.74. The van der Waals surface area contributed by atoms with Gasteiger partial charge in [-0.1, -0.05) is 19.1 Å². The Morgan fingerprint density at radius 1 is 1.26 bits per heavy atom. The number of hydrogen-bond acceptors (Lipinski definition) is 6. The highest BCUT2D eigenvalue weighted by Gasteiger charge is 2.35. The van der Waals surface area contributed by atoms with Crippen LogP contribution in [0.3, 0.4) is 0 Å². The largest absolute Gasteiger partial charge is 0.503 e. The van der Waals surface area contributed by atoms with Crippen LogP contribution < -0.4 is 10.7 Å². The van der Waals surface area contributed by atoms with Crippen LogP contribution in [0.25, 0.3) is 0 Å². The van der Waals surface area contributed by atoms with Crippen molar-refractivity contribution in [2.24, 2.45) is 0 Å². The first kappa shape index (κ1) is 22.4. The highest BCUT2D eigenvalue weighted by Crippen LogP contribution is 2.22. The van der Waals surface area contributed by atoms with Gasteiger partial charge in [0.15, 0.2) is 11.4 Å². The van der Waals surface area contributed by atoms with E-state index < -0.39 is 35.0 Å². The number of aromatic hydroxyl groups is 1. The standard InChI is InChI=1S/C21H24FN3O6/c1-2-8-31-9-7-25-16(26)12-24-11-15(18(27)19(28)17(24)21(25)30)20(29)23-10-13-3-5-14(22)6-4-13/h3-6,11,16,26,28H,2,7-10,12H2,1H3,(H,23,29). The molecule has 2 aromatic rings. The molecule has 10 heteroatoms. The number of ether oxygens (including phenoxy) is 1. The number of pyridine rings is 1. The first-order chi connectivity index (χ1) is 14.8. The van der Waals surface area contributed by atoms with Gasteiger partial charge in [-0.25, -0.2) is 4.39 Å². The minimum atomic E-state index is -1.21. The number of carbonyl (C=O) groups is 2. The van der Waals surface area contributed by atoms with Gasteiger partial charge in [-0.2, -0.15) is 0 Å². The number of rotatable bonds is 8. The van der Waals surface area contributed by atoms with Crippen LogP contribution in [0, 0.1) is 5.82 Å². The third kappa shape index (κ3) is 4.92. The number of fused-ring (bicyclic) bond motifs is 1. The zero-order valence-electron chi connectivity index (χ0n) is 17.0. The molecule has 3 N–H and O–H groups in total. The predicted molar refractivity (Wildman–Crippen MR) is 108 cm³/mol. The SMILES string of the molecule is CCCOCCN1C(=O)c2c(O)c(=O)c(C(=O)NCc3ccc(F)cc3)cn2CC1O. The maximum Gasteiger partial charge on any atom is 0.276 e. The first-order valence-electron chi connectivity index (χ1n) is 9.89. The molecule has 1 atom stereocenters. The summed E-state index contributed by atoms with van der Waals surface area (Å²) >= 11 is 0. The molecule has 1 aliphatic heterocycles. The second kappa shape index (κ2) is 9.71. The summed E-state index contributed by atoms with van der Waals surface area (Å²) in [6, 6.07) is 5.46. The van der Waals surface area contributed by atoms with Gasteiger partial charge in [0.1, 0.15) is 17.6 Å². The van der Waals surface area contributed by atoms with Gasteiger partial charge in [-0.05, 0) is 24.1 Å². The lowest BCUT2D eigenvalue weighted by molar-refractivity contribution is -0.0238. The normalized spacial score (nSPS) is 15.6. The minimum Gasteiger partial charge on any atom is -0.503 e. The van der Waals surface area contributed by atoms with Gasteiger partial charge < -0.3 is 29.7 Å². The Balaban J connectivity index is 1.79. The van der Waals surface area contributed by atoms with Crippen LogP contribution in [-0.4, -0.2) is 57.5 Å². The fourth-order valence-corrected chi connectivity index (χ4v) is 3.27. The Bertz CT molecular complexity index is 1020. The monoisotopic (exact) mass is 433 g/mol. The number of amides is 2. The number of aliphatic hydroxyl groups is 1. The van der Waals surface area contributed by atoms with E-state index in [0.717, 1.165) is 17.5 Å². The van der Waals surface area contributed by atoms with Crippen molar-refractivity contribution in [1.82, 2.24) is 14.8 Å². The number of nitrogens with one attached hydrogen (secondary N) is 1.